The zero-order valence-corrected chi connectivity index (χ0v) is 16.7. The van der Waals surface area contributed by atoms with Crippen molar-refractivity contribution in [2.75, 3.05) is 45.9 Å². The van der Waals surface area contributed by atoms with E-state index < -0.39 is 6.10 Å². The largest absolute Gasteiger partial charge is 0.484 e. The Bertz CT molecular complexity index is 811. The topological polar surface area (TPSA) is 62.2 Å². The lowest BCUT2D eigenvalue weighted by molar-refractivity contribution is -0.135. The van der Waals surface area contributed by atoms with Crippen LogP contribution in [0.15, 0.2) is 48.5 Å². The second kappa shape index (κ2) is 11.0. The van der Waals surface area contributed by atoms with Crippen molar-refractivity contribution in [3.63, 3.8) is 0 Å². The zero-order chi connectivity index (χ0) is 21.3. The molecular weight excluding hydrogens is 394 g/mol. The van der Waals surface area contributed by atoms with Gasteiger partial charge >= 0.3 is 0 Å². The summed E-state index contributed by atoms with van der Waals surface area (Å²) < 4.78 is 37.3. The second-order valence-electron chi connectivity index (χ2n) is 7.18. The molecule has 3 rings (SSSR count). The van der Waals surface area contributed by atoms with E-state index in [4.69, 9.17) is 9.47 Å². The minimum absolute atomic E-state index is 0.0991. The molecule has 1 amide bonds. The number of hydrogen-bond donors (Lipinski definition) is 1. The number of halogens is 2. The smallest absolute Gasteiger partial charge is 0.260 e. The van der Waals surface area contributed by atoms with E-state index in [9.17, 15) is 18.7 Å². The maximum atomic E-state index is 13.5. The fraction of sp³-hybridized carbons (Fsp3) is 0.409. The van der Waals surface area contributed by atoms with E-state index >= 15 is 0 Å². The number of ether oxygens (including phenoxy) is 2. The first kappa shape index (κ1) is 22.1. The van der Waals surface area contributed by atoms with Crippen molar-refractivity contribution in [2.24, 2.45) is 0 Å². The minimum Gasteiger partial charge on any atom is -0.484 e. The van der Waals surface area contributed by atoms with E-state index in [2.05, 4.69) is 4.90 Å². The number of aliphatic hydroxyl groups is 1. The maximum absolute atomic E-state index is 13.5. The Morgan fingerprint density at radius 2 is 1.73 bits per heavy atom. The van der Waals surface area contributed by atoms with Crippen molar-refractivity contribution < 1.29 is 28.2 Å². The summed E-state index contributed by atoms with van der Waals surface area (Å²) in [5, 5.41) is 10.2. The van der Waals surface area contributed by atoms with Gasteiger partial charge in [-0.3, -0.25) is 9.69 Å². The number of rotatable bonds is 9. The highest BCUT2D eigenvalue weighted by atomic mass is 19.1. The molecule has 2 aromatic rings. The molecule has 1 aliphatic heterocycles. The maximum Gasteiger partial charge on any atom is 0.260 e. The van der Waals surface area contributed by atoms with Crippen molar-refractivity contribution in [1.29, 1.82) is 0 Å². The SMILES string of the molecule is O=C(COc1ccc(F)cc1)N1CCN(CC(O)COCc2ccccc2F)CC1. The average Bonchev–Trinajstić information content (AvgIpc) is 2.75. The summed E-state index contributed by atoms with van der Waals surface area (Å²) in [5.41, 5.74) is 0.458. The summed E-state index contributed by atoms with van der Waals surface area (Å²) in [6.45, 7) is 2.88. The predicted octanol–water partition coefficient (Wildman–Crippen LogP) is 2.07. The Balaban J connectivity index is 1.32. The molecule has 2 aromatic carbocycles. The van der Waals surface area contributed by atoms with E-state index in [1.165, 1.54) is 30.3 Å². The van der Waals surface area contributed by atoms with Gasteiger partial charge in [-0.25, -0.2) is 8.78 Å². The molecular formula is C22H26F2N2O4. The summed E-state index contributed by atoms with van der Waals surface area (Å²) in [6.07, 6.45) is -0.694. The van der Waals surface area contributed by atoms with E-state index in [1.807, 2.05) is 0 Å². The molecule has 0 aliphatic carbocycles. The molecule has 1 aliphatic rings. The molecule has 1 fully saturated rings. The van der Waals surface area contributed by atoms with Gasteiger partial charge in [0.25, 0.3) is 5.91 Å². The third-order valence-corrected chi connectivity index (χ3v) is 4.90. The summed E-state index contributed by atoms with van der Waals surface area (Å²) in [6, 6.07) is 11.9. The lowest BCUT2D eigenvalue weighted by atomic mass is 10.2. The van der Waals surface area contributed by atoms with Crippen molar-refractivity contribution in [2.45, 2.75) is 12.7 Å². The van der Waals surface area contributed by atoms with Gasteiger partial charge in [-0.15, -0.1) is 0 Å². The van der Waals surface area contributed by atoms with Crippen molar-refractivity contribution in [1.82, 2.24) is 9.80 Å². The van der Waals surface area contributed by atoms with E-state index in [0.29, 0.717) is 44.0 Å². The van der Waals surface area contributed by atoms with Crippen LogP contribution >= 0.6 is 0 Å². The minimum atomic E-state index is -0.694. The van der Waals surface area contributed by atoms with Crippen LogP contribution in [0.5, 0.6) is 5.75 Å². The Morgan fingerprint density at radius 1 is 1.03 bits per heavy atom. The van der Waals surface area contributed by atoms with Crippen LogP contribution in [0, 0.1) is 11.6 Å². The fourth-order valence-corrected chi connectivity index (χ4v) is 3.22. The van der Waals surface area contributed by atoms with Gasteiger partial charge in [-0.05, 0) is 30.3 Å². The molecule has 30 heavy (non-hydrogen) atoms. The van der Waals surface area contributed by atoms with E-state index in [1.54, 1.807) is 23.1 Å². The quantitative estimate of drug-likeness (QED) is 0.673. The molecule has 1 saturated heterocycles. The Labute approximate surface area is 174 Å². The van der Waals surface area contributed by atoms with Gasteiger partial charge in [0.1, 0.15) is 17.4 Å². The second-order valence-corrected chi connectivity index (χ2v) is 7.18. The van der Waals surface area contributed by atoms with Crippen LogP contribution in [0.1, 0.15) is 5.56 Å². The Hall–Kier alpha value is -2.55. The number of β-amino-alcohol motifs (C(OH)–C–C–N with tert-alkyl or cyclic N) is 1. The molecule has 0 radical (unpaired) electrons. The number of nitrogens with zero attached hydrogens (tertiary/aromatic N) is 2. The first-order valence-electron chi connectivity index (χ1n) is 9.89. The molecule has 0 aromatic heterocycles. The van der Waals surface area contributed by atoms with Crippen LogP contribution in [0.4, 0.5) is 8.78 Å². The van der Waals surface area contributed by atoms with Gasteiger partial charge in [-0.2, -0.15) is 0 Å². The molecule has 1 atom stereocenters. The van der Waals surface area contributed by atoms with Crippen LogP contribution in [0.3, 0.4) is 0 Å². The third kappa shape index (κ3) is 6.76. The number of amides is 1. The number of carbonyl (C=O) groups excluding carboxylic acids is 1. The van der Waals surface area contributed by atoms with Gasteiger partial charge in [0.2, 0.25) is 0 Å². The van der Waals surface area contributed by atoms with Gasteiger partial charge in [0, 0.05) is 38.3 Å². The predicted molar refractivity (Wildman–Crippen MR) is 107 cm³/mol. The summed E-state index contributed by atoms with van der Waals surface area (Å²) in [4.78, 5) is 16.0. The number of benzene rings is 2. The molecule has 1 N–H and O–H groups in total. The molecule has 162 valence electrons. The van der Waals surface area contributed by atoms with Crippen molar-refractivity contribution in [3.05, 3.63) is 65.7 Å². The molecule has 0 bridgehead atoms. The van der Waals surface area contributed by atoms with Crippen molar-refractivity contribution >= 4 is 5.91 Å². The summed E-state index contributed by atoms with van der Waals surface area (Å²) in [5.74, 6) is -0.365. The van der Waals surface area contributed by atoms with Crippen LogP contribution in [-0.4, -0.2) is 72.9 Å². The van der Waals surface area contributed by atoms with Gasteiger partial charge in [-0.1, -0.05) is 18.2 Å². The zero-order valence-electron chi connectivity index (χ0n) is 16.7. The summed E-state index contributed by atoms with van der Waals surface area (Å²) >= 11 is 0. The van der Waals surface area contributed by atoms with Gasteiger partial charge in [0.15, 0.2) is 6.61 Å². The normalized spacial score (nSPS) is 15.8. The fourth-order valence-electron chi connectivity index (χ4n) is 3.22. The molecule has 1 unspecified atom stereocenters. The molecule has 0 spiro atoms. The molecule has 0 saturated carbocycles. The van der Waals surface area contributed by atoms with Crippen molar-refractivity contribution in [3.8, 4) is 5.75 Å². The number of hydrogen-bond acceptors (Lipinski definition) is 5. The Kier molecular flexibility index (Phi) is 8.12. The highest BCUT2D eigenvalue weighted by molar-refractivity contribution is 5.77. The van der Waals surface area contributed by atoms with Crippen LogP contribution in [0.2, 0.25) is 0 Å². The summed E-state index contributed by atoms with van der Waals surface area (Å²) in [7, 11) is 0. The Morgan fingerprint density at radius 3 is 2.43 bits per heavy atom. The lowest BCUT2D eigenvalue weighted by Gasteiger charge is -2.35. The number of aliphatic hydroxyl groups excluding tert-OH is 1. The highest BCUT2D eigenvalue weighted by Gasteiger charge is 2.23. The van der Waals surface area contributed by atoms with Crippen LogP contribution in [0.25, 0.3) is 0 Å². The molecule has 1 heterocycles. The monoisotopic (exact) mass is 420 g/mol. The standard InChI is InChI=1S/C22H26F2N2O4/c23-18-5-7-20(8-6-18)30-16-22(28)26-11-9-25(10-12-26)13-19(27)15-29-14-17-3-1-2-4-21(17)24/h1-8,19,27H,9-16H2. The lowest BCUT2D eigenvalue weighted by Crippen LogP contribution is -2.51. The number of carbonyl (C=O) groups is 1. The van der Waals surface area contributed by atoms with E-state index in [0.717, 1.165) is 0 Å². The first-order valence-corrected chi connectivity index (χ1v) is 9.89. The van der Waals surface area contributed by atoms with Crippen LogP contribution in [-0.2, 0) is 16.1 Å². The molecule has 6 nitrogen and oxygen atoms in total. The molecule has 8 heteroatoms. The first-order chi connectivity index (χ1) is 14.5. The van der Waals surface area contributed by atoms with Gasteiger partial charge in [0.05, 0.1) is 19.3 Å². The number of piperazine rings is 1. The third-order valence-electron chi connectivity index (χ3n) is 4.90. The average molecular weight is 420 g/mol. The van der Waals surface area contributed by atoms with E-state index in [-0.39, 0.29) is 37.4 Å². The van der Waals surface area contributed by atoms with Gasteiger partial charge < -0.3 is 19.5 Å². The van der Waals surface area contributed by atoms with Crippen LogP contribution < -0.4 is 4.74 Å². The highest BCUT2D eigenvalue weighted by Crippen LogP contribution is 2.12.